The third kappa shape index (κ3) is 3.31. The first-order chi connectivity index (χ1) is 11.5. The Hall–Kier alpha value is -1.88. The molecule has 0 aliphatic carbocycles. The minimum absolute atomic E-state index is 0.0343. The second-order valence-corrected chi connectivity index (χ2v) is 7.78. The van der Waals surface area contributed by atoms with E-state index in [9.17, 15) is 9.59 Å². The maximum atomic E-state index is 12.8. The number of likely N-dealkylation sites (tertiary alicyclic amines) is 1. The molecule has 0 saturated carbocycles. The smallest absolute Gasteiger partial charge is 0.308 e. The van der Waals surface area contributed by atoms with Crippen LogP contribution in [0.1, 0.15) is 34.5 Å². The monoisotopic (exact) mass is 344 g/mol. The van der Waals surface area contributed by atoms with Crippen LogP contribution < -0.4 is 4.87 Å². The molecule has 1 atom stereocenters. The number of thiazole rings is 1. The largest absolute Gasteiger partial charge is 0.338 e. The summed E-state index contributed by atoms with van der Waals surface area (Å²) in [6.45, 7) is 6.92. The van der Waals surface area contributed by atoms with Crippen LogP contribution >= 0.6 is 11.3 Å². The molecule has 0 N–H and O–H groups in total. The van der Waals surface area contributed by atoms with Crippen LogP contribution in [0.3, 0.4) is 0 Å². The Morgan fingerprint density at radius 3 is 2.67 bits per heavy atom. The lowest BCUT2D eigenvalue weighted by molar-refractivity contribution is -0.132. The number of hydrogen-bond acceptors (Lipinski definition) is 3. The molecule has 0 bridgehead atoms. The average Bonchev–Trinajstić information content (AvgIpc) is 3.10. The first kappa shape index (κ1) is 17.0. The molecule has 3 rings (SSSR count). The fourth-order valence-electron chi connectivity index (χ4n) is 3.47. The highest BCUT2D eigenvalue weighted by molar-refractivity contribution is 7.09. The van der Waals surface area contributed by atoms with E-state index in [0.717, 1.165) is 36.4 Å². The number of carbonyl (C=O) groups is 1. The Morgan fingerprint density at radius 2 is 2.00 bits per heavy atom. The normalized spacial score (nSPS) is 17.5. The summed E-state index contributed by atoms with van der Waals surface area (Å²) in [4.78, 5) is 27.8. The summed E-state index contributed by atoms with van der Waals surface area (Å²) in [5, 5.41) is 0. The highest BCUT2D eigenvalue weighted by atomic mass is 32.1. The number of benzene rings is 1. The van der Waals surface area contributed by atoms with Crippen molar-refractivity contribution in [1.82, 2.24) is 9.47 Å². The number of aryl methyl sites for hydroxylation is 2. The molecule has 1 aromatic carbocycles. The maximum Gasteiger partial charge on any atom is 0.308 e. The quantitative estimate of drug-likeness (QED) is 0.855. The number of carbonyl (C=O) groups excluding carboxylic acids is 1. The Balaban J connectivity index is 1.74. The molecule has 1 unspecified atom stereocenters. The van der Waals surface area contributed by atoms with Gasteiger partial charge in [0, 0.05) is 23.2 Å². The Morgan fingerprint density at radius 1 is 1.25 bits per heavy atom. The summed E-state index contributed by atoms with van der Waals surface area (Å²) < 4.78 is 1.62. The molecule has 1 saturated heterocycles. The molecule has 2 heterocycles. The number of amides is 1. The average molecular weight is 344 g/mol. The molecule has 1 aliphatic heterocycles. The van der Waals surface area contributed by atoms with E-state index in [-0.39, 0.29) is 23.4 Å². The number of aromatic nitrogens is 1. The van der Waals surface area contributed by atoms with Crippen LogP contribution in [0.2, 0.25) is 0 Å². The van der Waals surface area contributed by atoms with Crippen molar-refractivity contribution in [3.63, 3.8) is 0 Å². The van der Waals surface area contributed by atoms with E-state index >= 15 is 0 Å². The van der Waals surface area contributed by atoms with Gasteiger partial charge < -0.3 is 4.90 Å². The Bertz CT molecular complexity index is 806. The molecular formula is C19H24N2O2S. The van der Waals surface area contributed by atoms with E-state index < -0.39 is 0 Å². The van der Waals surface area contributed by atoms with Crippen molar-refractivity contribution in [2.24, 2.45) is 0 Å². The summed E-state index contributed by atoms with van der Waals surface area (Å²) in [5.74, 6) is 0.0640. The van der Waals surface area contributed by atoms with Crippen LogP contribution in [0.25, 0.3) is 0 Å². The van der Waals surface area contributed by atoms with Crippen molar-refractivity contribution in [2.75, 3.05) is 6.54 Å². The minimum Gasteiger partial charge on any atom is -0.338 e. The van der Waals surface area contributed by atoms with Crippen LogP contribution in [-0.4, -0.2) is 28.0 Å². The van der Waals surface area contributed by atoms with Gasteiger partial charge in [-0.1, -0.05) is 35.6 Å². The van der Waals surface area contributed by atoms with Gasteiger partial charge in [-0.3, -0.25) is 14.2 Å². The molecule has 4 nitrogen and oxygen atoms in total. The fourth-order valence-corrected chi connectivity index (χ4v) is 4.30. The van der Waals surface area contributed by atoms with Crippen molar-refractivity contribution >= 4 is 17.2 Å². The van der Waals surface area contributed by atoms with Gasteiger partial charge in [-0.25, -0.2) is 0 Å². The van der Waals surface area contributed by atoms with E-state index in [2.05, 4.69) is 25.1 Å². The SMILES string of the molecule is Cc1ccccc1CC1CCCN1C(=O)Cn1c(C)c(C)sc1=O. The lowest BCUT2D eigenvalue weighted by atomic mass is 10.00. The second-order valence-electron chi connectivity index (χ2n) is 6.61. The molecule has 24 heavy (non-hydrogen) atoms. The molecule has 0 radical (unpaired) electrons. The van der Waals surface area contributed by atoms with Gasteiger partial charge in [-0.05, 0) is 51.2 Å². The molecule has 1 aromatic heterocycles. The van der Waals surface area contributed by atoms with Crippen LogP contribution in [-0.2, 0) is 17.8 Å². The minimum atomic E-state index is -0.0343. The Kier molecular flexibility index (Phi) is 4.90. The van der Waals surface area contributed by atoms with Crippen molar-refractivity contribution in [3.05, 3.63) is 55.6 Å². The summed E-state index contributed by atoms with van der Waals surface area (Å²) in [7, 11) is 0. The lowest BCUT2D eigenvalue weighted by Crippen LogP contribution is -2.40. The molecule has 128 valence electrons. The summed E-state index contributed by atoms with van der Waals surface area (Å²) >= 11 is 1.22. The first-order valence-electron chi connectivity index (χ1n) is 8.48. The molecular weight excluding hydrogens is 320 g/mol. The zero-order chi connectivity index (χ0) is 17.3. The van der Waals surface area contributed by atoms with Crippen LogP contribution in [0.15, 0.2) is 29.1 Å². The third-order valence-corrected chi connectivity index (χ3v) is 6.08. The van der Waals surface area contributed by atoms with Gasteiger partial charge in [0.1, 0.15) is 6.54 Å². The van der Waals surface area contributed by atoms with Crippen molar-refractivity contribution < 1.29 is 4.79 Å². The zero-order valence-electron chi connectivity index (χ0n) is 14.5. The Labute approximate surface area is 146 Å². The molecule has 5 heteroatoms. The van der Waals surface area contributed by atoms with Crippen LogP contribution in [0.4, 0.5) is 0 Å². The van der Waals surface area contributed by atoms with E-state index in [4.69, 9.17) is 0 Å². The predicted molar refractivity (Wildman–Crippen MR) is 97.7 cm³/mol. The van der Waals surface area contributed by atoms with Crippen molar-refractivity contribution in [1.29, 1.82) is 0 Å². The molecule has 2 aromatic rings. The van der Waals surface area contributed by atoms with Crippen LogP contribution in [0, 0.1) is 20.8 Å². The number of hydrogen-bond donors (Lipinski definition) is 0. The highest BCUT2D eigenvalue weighted by Crippen LogP contribution is 2.23. The summed E-state index contributed by atoms with van der Waals surface area (Å²) in [5.41, 5.74) is 3.49. The standard InChI is InChI=1S/C19H24N2O2S/c1-13-7-4-5-8-16(13)11-17-9-6-10-20(17)18(22)12-21-14(2)15(3)24-19(21)23/h4-5,7-8,17H,6,9-12H2,1-3H3. The van der Waals surface area contributed by atoms with Crippen LogP contribution in [0.5, 0.6) is 0 Å². The topological polar surface area (TPSA) is 42.3 Å². The van der Waals surface area contributed by atoms with Gasteiger partial charge in [0.05, 0.1) is 0 Å². The second kappa shape index (κ2) is 6.93. The maximum absolute atomic E-state index is 12.8. The predicted octanol–water partition coefficient (Wildman–Crippen LogP) is 3.07. The van der Waals surface area contributed by atoms with Gasteiger partial charge in [0.25, 0.3) is 0 Å². The van der Waals surface area contributed by atoms with Crippen molar-refractivity contribution in [2.45, 2.75) is 52.6 Å². The van der Waals surface area contributed by atoms with Gasteiger partial charge in [-0.2, -0.15) is 0 Å². The third-order valence-electron chi connectivity index (χ3n) is 5.08. The van der Waals surface area contributed by atoms with E-state index in [1.807, 2.05) is 24.8 Å². The first-order valence-corrected chi connectivity index (χ1v) is 9.30. The molecule has 1 aliphatic rings. The lowest BCUT2D eigenvalue weighted by Gasteiger charge is -2.25. The van der Waals surface area contributed by atoms with E-state index in [0.29, 0.717) is 0 Å². The summed E-state index contributed by atoms with van der Waals surface area (Å²) in [6.07, 6.45) is 2.98. The number of rotatable bonds is 4. The van der Waals surface area contributed by atoms with Gasteiger partial charge in [0.15, 0.2) is 0 Å². The van der Waals surface area contributed by atoms with Crippen molar-refractivity contribution in [3.8, 4) is 0 Å². The summed E-state index contributed by atoms with van der Waals surface area (Å²) in [6, 6.07) is 8.61. The van der Waals surface area contributed by atoms with E-state index in [1.165, 1.54) is 22.5 Å². The van der Waals surface area contributed by atoms with Gasteiger partial charge >= 0.3 is 4.87 Å². The zero-order valence-corrected chi connectivity index (χ0v) is 15.4. The highest BCUT2D eigenvalue weighted by Gasteiger charge is 2.29. The molecule has 1 fully saturated rings. The fraction of sp³-hybridized carbons (Fsp3) is 0.474. The van der Waals surface area contributed by atoms with E-state index in [1.54, 1.807) is 4.57 Å². The molecule has 0 spiro atoms. The number of nitrogens with zero attached hydrogens (tertiary/aromatic N) is 2. The molecule has 1 amide bonds. The van der Waals surface area contributed by atoms with Gasteiger partial charge in [0.2, 0.25) is 5.91 Å². The van der Waals surface area contributed by atoms with Gasteiger partial charge in [-0.15, -0.1) is 0 Å².